The van der Waals surface area contributed by atoms with E-state index in [1.165, 1.54) is 6.20 Å². The molecule has 9 nitrogen and oxygen atoms in total. The summed E-state index contributed by atoms with van der Waals surface area (Å²) in [6, 6.07) is 0. The second-order valence-corrected chi connectivity index (χ2v) is 5.84. The zero-order valence-corrected chi connectivity index (χ0v) is 10.3. The molecule has 10 heteroatoms. The van der Waals surface area contributed by atoms with Crippen LogP contribution in [0.25, 0.3) is 0 Å². The van der Waals surface area contributed by atoms with E-state index in [0.29, 0.717) is 0 Å². The molecule has 1 rings (SSSR count). The molecular weight excluding hydrogens is 264 g/mol. The number of hydrogen-bond acceptors (Lipinski definition) is 6. The molecule has 0 atom stereocenters. The summed E-state index contributed by atoms with van der Waals surface area (Å²) in [6.45, 7) is -0.437. The lowest BCUT2D eigenvalue weighted by Crippen LogP contribution is -2.29. The molecule has 0 aliphatic carbocycles. The van der Waals surface area contributed by atoms with Gasteiger partial charge in [-0.25, -0.2) is 13.1 Å². The number of carboxylic acids is 1. The molecule has 0 aliphatic rings. The van der Waals surface area contributed by atoms with Gasteiger partial charge in [0.1, 0.15) is 16.4 Å². The van der Waals surface area contributed by atoms with Crippen molar-refractivity contribution in [3.8, 4) is 0 Å². The summed E-state index contributed by atoms with van der Waals surface area (Å²) in [5.41, 5.74) is -0.0650. The number of sulfone groups is 1. The highest BCUT2D eigenvalue weighted by Gasteiger charge is 2.12. The molecule has 0 unspecified atom stereocenters. The monoisotopic (exact) mass is 276 g/mol. The molecule has 0 aromatic carbocycles. The molecule has 0 spiro atoms. The zero-order valence-electron chi connectivity index (χ0n) is 9.53. The topological polar surface area (TPSA) is 131 Å². The third kappa shape index (κ3) is 4.91. The van der Waals surface area contributed by atoms with Gasteiger partial charge in [0.25, 0.3) is 5.91 Å². The number of carbonyl (C=O) groups excluding carboxylic acids is 1. The lowest BCUT2D eigenvalue weighted by molar-refractivity contribution is -0.137. The number of nitrogens with one attached hydrogen (secondary N) is 1. The summed E-state index contributed by atoms with van der Waals surface area (Å²) in [7, 11) is -3.15. The number of carbonyl (C=O) groups is 2. The van der Waals surface area contributed by atoms with Gasteiger partial charge in [-0.3, -0.25) is 9.59 Å². The number of nitrogens with zero attached hydrogens (tertiary/aromatic N) is 3. The van der Waals surface area contributed by atoms with Crippen molar-refractivity contribution >= 4 is 21.7 Å². The van der Waals surface area contributed by atoms with Gasteiger partial charge in [0.05, 0.1) is 11.9 Å². The highest BCUT2D eigenvalue weighted by atomic mass is 32.2. The third-order valence-electron chi connectivity index (χ3n) is 1.83. The second-order valence-electron chi connectivity index (χ2n) is 3.58. The fourth-order valence-electron chi connectivity index (χ4n) is 1.06. The number of aromatic nitrogens is 3. The molecule has 0 aliphatic heterocycles. The highest BCUT2D eigenvalue weighted by Crippen LogP contribution is 1.93. The number of aliphatic carboxylic acids is 1. The summed E-state index contributed by atoms with van der Waals surface area (Å²) in [5, 5.41) is 17.7. The van der Waals surface area contributed by atoms with Crippen LogP contribution in [0, 0.1) is 0 Å². The van der Waals surface area contributed by atoms with E-state index in [0.717, 1.165) is 10.9 Å². The Morgan fingerprint density at radius 2 is 2.17 bits per heavy atom. The lowest BCUT2D eigenvalue weighted by atomic mass is 10.4. The van der Waals surface area contributed by atoms with Crippen molar-refractivity contribution in [2.45, 2.75) is 6.54 Å². The van der Waals surface area contributed by atoms with E-state index in [-0.39, 0.29) is 18.0 Å². The minimum atomic E-state index is -3.15. The summed E-state index contributed by atoms with van der Waals surface area (Å²) in [6.07, 6.45) is 2.23. The first-order valence-electron chi connectivity index (χ1n) is 4.86. The quantitative estimate of drug-likeness (QED) is 0.622. The van der Waals surface area contributed by atoms with Crippen LogP contribution >= 0.6 is 0 Å². The fourth-order valence-corrected chi connectivity index (χ4v) is 1.53. The van der Waals surface area contributed by atoms with Crippen LogP contribution in [-0.4, -0.2) is 58.9 Å². The zero-order chi connectivity index (χ0) is 13.8. The highest BCUT2D eigenvalue weighted by molar-refractivity contribution is 7.90. The van der Waals surface area contributed by atoms with E-state index in [1.807, 2.05) is 0 Å². The predicted molar refractivity (Wildman–Crippen MR) is 59.7 cm³/mol. The molecule has 0 radical (unpaired) electrons. The Bertz CT molecular complexity index is 550. The first kappa shape index (κ1) is 14.1. The van der Waals surface area contributed by atoms with E-state index in [4.69, 9.17) is 5.11 Å². The van der Waals surface area contributed by atoms with E-state index >= 15 is 0 Å². The number of carboxylic acid groups (broad SMARTS) is 1. The van der Waals surface area contributed by atoms with E-state index < -0.39 is 28.3 Å². The second kappa shape index (κ2) is 5.58. The van der Waals surface area contributed by atoms with Crippen molar-refractivity contribution in [2.24, 2.45) is 0 Å². The number of rotatable bonds is 6. The van der Waals surface area contributed by atoms with Crippen molar-refractivity contribution in [1.82, 2.24) is 20.3 Å². The molecule has 1 amide bonds. The van der Waals surface area contributed by atoms with Crippen molar-refractivity contribution in [3.63, 3.8) is 0 Å². The van der Waals surface area contributed by atoms with Crippen LogP contribution in [0.15, 0.2) is 6.20 Å². The van der Waals surface area contributed by atoms with Crippen LogP contribution in [0.3, 0.4) is 0 Å². The van der Waals surface area contributed by atoms with Crippen LogP contribution in [0.5, 0.6) is 0 Å². The normalized spacial score (nSPS) is 11.2. The van der Waals surface area contributed by atoms with Gasteiger partial charge in [0.2, 0.25) is 0 Å². The largest absolute Gasteiger partial charge is 0.480 e. The maximum absolute atomic E-state index is 11.5. The minimum Gasteiger partial charge on any atom is -0.480 e. The predicted octanol–water partition coefficient (Wildman–Crippen LogP) is -1.86. The third-order valence-corrected chi connectivity index (χ3v) is 2.77. The van der Waals surface area contributed by atoms with Crippen molar-refractivity contribution in [1.29, 1.82) is 0 Å². The molecular formula is C8H12N4O5S. The van der Waals surface area contributed by atoms with Gasteiger partial charge in [-0.1, -0.05) is 5.21 Å². The van der Waals surface area contributed by atoms with Gasteiger partial charge in [0.15, 0.2) is 5.69 Å². The Hall–Kier alpha value is -1.97. The van der Waals surface area contributed by atoms with E-state index in [2.05, 4.69) is 15.6 Å². The molecule has 18 heavy (non-hydrogen) atoms. The van der Waals surface area contributed by atoms with Crippen molar-refractivity contribution in [3.05, 3.63) is 11.9 Å². The summed E-state index contributed by atoms with van der Waals surface area (Å²) < 4.78 is 22.6. The number of hydrogen-bond donors (Lipinski definition) is 2. The Morgan fingerprint density at radius 3 is 2.72 bits per heavy atom. The van der Waals surface area contributed by atoms with Crippen LogP contribution < -0.4 is 5.32 Å². The van der Waals surface area contributed by atoms with Gasteiger partial charge in [-0.2, -0.15) is 0 Å². The summed E-state index contributed by atoms with van der Waals surface area (Å²) >= 11 is 0. The maximum atomic E-state index is 11.5. The van der Waals surface area contributed by atoms with Crippen molar-refractivity contribution < 1.29 is 23.1 Å². The molecule has 100 valence electrons. The molecule has 0 fully saturated rings. The van der Waals surface area contributed by atoms with E-state index in [9.17, 15) is 18.0 Å². The van der Waals surface area contributed by atoms with Crippen LogP contribution in [0.4, 0.5) is 0 Å². The standard InChI is InChI=1S/C8H12N4O5S/c1-18(16,17)3-2-9-8(15)6-4-12(11-10-6)5-7(13)14/h4H,2-3,5H2,1H3,(H,9,15)(H,13,14). The van der Waals surface area contributed by atoms with Gasteiger partial charge in [-0.15, -0.1) is 5.10 Å². The SMILES string of the molecule is CS(=O)(=O)CCNC(=O)c1cn(CC(=O)O)nn1. The lowest BCUT2D eigenvalue weighted by Gasteiger charge is -2.00. The molecule has 1 heterocycles. The first-order valence-corrected chi connectivity index (χ1v) is 6.92. The van der Waals surface area contributed by atoms with E-state index in [1.54, 1.807) is 0 Å². The Kier molecular flexibility index (Phi) is 4.37. The molecule has 1 aromatic heterocycles. The average molecular weight is 276 g/mol. The molecule has 1 aromatic rings. The van der Waals surface area contributed by atoms with Gasteiger partial charge in [0, 0.05) is 12.8 Å². The van der Waals surface area contributed by atoms with Crippen LogP contribution in [0.2, 0.25) is 0 Å². The molecule has 2 N–H and O–H groups in total. The first-order chi connectivity index (χ1) is 8.28. The Morgan fingerprint density at radius 1 is 1.50 bits per heavy atom. The average Bonchev–Trinajstić information content (AvgIpc) is 2.63. The summed E-state index contributed by atoms with van der Waals surface area (Å²) in [4.78, 5) is 21.8. The smallest absolute Gasteiger partial charge is 0.325 e. The van der Waals surface area contributed by atoms with Gasteiger partial charge >= 0.3 is 5.97 Å². The summed E-state index contributed by atoms with van der Waals surface area (Å²) in [5.74, 6) is -1.89. The number of amides is 1. The fraction of sp³-hybridized carbons (Fsp3) is 0.500. The van der Waals surface area contributed by atoms with Gasteiger partial charge < -0.3 is 10.4 Å². The Balaban J connectivity index is 2.52. The van der Waals surface area contributed by atoms with Crippen molar-refractivity contribution in [2.75, 3.05) is 18.6 Å². The van der Waals surface area contributed by atoms with Crippen LogP contribution in [-0.2, 0) is 21.2 Å². The minimum absolute atomic E-state index is 0.0382. The molecule has 0 bridgehead atoms. The molecule has 0 saturated heterocycles. The molecule has 0 saturated carbocycles. The maximum Gasteiger partial charge on any atom is 0.325 e. The van der Waals surface area contributed by atoms with Gasteiger partial charge in [-0.05, 0) is 0 Å². The Labute approximate surface area is 103 Å². The van der Waals surface area contributed by atoms with Crippen LogP contribution in [0.1, 0.15) is 10.5 Å².